The van der Waals surface area contributed by atoms with Crippen LogP contribution in [0.5, 0.6) is 0 Å². The summed E-state index contributed by atoms with van der Waals surface area (Å²) in [6, 6.07) is 13.5. The molecule has 2 aromatic rings. The molecule has 0 aliphatic heterocycles. The van der Waals surface area contributed by atoms with Gasteiger partial charge >= 0.3 is 0 Å². The fraction of sp³-hybridized carbons (Fsp3) is 0.133. The zero-order chi connectivity index (χ0) is 14.5. The van der Waals surface area contributed by atoms with Crippen LogP contribution in [-0.2, 0) is 0 Å². The molecule has 5 heteroatoms. The summed E-state index contributed by atoms with van der Waals surface area (Å²) in [5, 5.41) is 12.2. The van der Waals surface area contributed by atoms with Crippen LogP contribution in [0.25, 0.3) is 0 Å². The summed E-state index contributed by atoms with van der Waals surface area (Å²) in [4.78, 5) is 12.2. The summed E-state index contributed by atoms with van der Waals surface area (Å²) in [5.41, 5.74) is 13.4. The van der Waals surface area contributed by atoms with Crippen molar-refractivity contribution in [2.45, 2.75) is 6.04 Å². The van der Waals surface area contributed by atoms with Gasteiger partial charge in [0.15, 0.2) is 0 Å². The van der Waals surface area contributed by atoms with Crippen LogP contribution in [0.2, 0.25) is 0 Å². The van der Waals surface area contributed by atoms with E-state index in [0.29, 0.717) is 16.9 Å². The Morgan fingerprint density at radius 3 is 2.45 bits per heavy atom. The van der Waals surface area contributed by atoms with E-state index in [-0.39, 0.29) is 12.5 Å². The number of rotatable bonds is 4. The van der Waals surface area contributed by atoms with Gasteiger partial charge in [0.2, 0.25) is 0 Å². The summed E-state index contributed by atoms with van der Waals surface area (Å²) in [5.74, 6) is -0.342. The van der Waals surface area contributed by atoms with Gasteiger partial charge in [-0.15, -0.1) is 0 Å². The minimum atomic E-state index is -0.472. The maximum absolute atomic E-state index is 12.2. The highest BCUT2D eigenvalue weighted by Gasteiger charge is 2.16. The number of benzene rings is 2. The first kappa shape index (κ1) is 13.9. The lowest BCUT2D eigenvalue weighted by atomic mass is 10.1. The van der Waals surface area contributed by atoms with Crippen LogP contribution < -0.4 is 16.8 Å². The number of carbonyl (C=O) groups is 1. The Kier molecular flexibility index (Phi) is 4.22. The van der Waals surface area contributed by atoms with Crippen molar-refractivity contribution in [2.24, 2.45) is 0 Å². The largest absolute Gasteiger partial charge is 0.399 e. The lowest BCUT2D eigenvalue weighted by Crippen LogP contribution is -2.31. The smallest absolute Gasteiger partial charge is 0.253 e. The molecule has 0 bridgehead atoms. The second kappa shape index (κ2) is 6.08. The van der Waals surface area contributed by atoms with Gasteiger partial charge in [0.05, 0.1) is 18.2 Å². The first-order chi connectivity index (χ1) is 9.61. The Labute approximate surface area is 117 Å². The Hall–Kier alpha value is -2.53. The molecule has 1 unspecified atom stereocenters. The second-order valence-electron chi connectivity index (χ2n) is 4.47. The first-order valence-corrected chi connectivity index (χ1v) is 6.23. The Balaban J connectivity index is 2.17. The number of nitrogens with one attached hydrogen (secondary N) is 1. The van der Waals surface area contributed by atoms with E-state index in [2.05, 4.69) is 5.32 Å². The second-order valence-corrected chi connectivity index (χ2v) is 4.47. The van der Waals surface area contributed by atoms with E-state index in [9.17, 15) is 9.90 Å². The molecule has 0 heterocycles. The van der Waals surface area contributed by atoms with E-state index in [4.69, 9.17) is 11.5 Å². The number of amides is 1. The number of hydrogen-bond acceptors (Lipinski definition) is 4. The monoisotopic (exact) mass is 271 g/mol. The average molecular weight is 271 g/mol. The molecule has 0 saturated carbocycles. The molecular weight excluding hydrogens is 254 g/mol. The molecule has 0 spiro atoms. The summed E-state index contributed by atoms with van der Waals surface area (Å²) in [6.45, 7) is -0.190. The number of nitrogen functional groups attached to an aromatic ring is 2. The maximum Gasteiger partial charge on any atom is 0.253 e. The predicted octanol–water partition coefficient (Wildman–Crippen LogP) is 1.31. The molecule has 0 saturated heterocycles. The summed E-state index contributed by atoms with van der Waals surface area (Å²) < 4.78 is 0. The fourth-order valence-corrected chi connectivity index (χ4v) is 1.94. The van der Waals surface area contributed by atoms with E-state index < -0.39 is 6.04 Å². The van der Waals surface area contributed by atoms with E-state index in [0.717, 1.165) is 5.56 Å². The Bertz CT molecular complexity index is 599. The molecule has 0 fully saturated rings. The zero-order valence-electron chi connectivity index (χ0n) is 10.9. The van der Waals surface area contributed by atoms with Crippen molar-refractivity contribution in [3.8, 4) is 0 Å². The third-order valence-corrected chi connectivity index (χ3v) is 3.01. The average Bonchev–Trinajstić information content (AvgIpc) is 2.45. The quantitative estimate of drug-likeness (QED) is 0.630. The number of nitrogens with two attached hydrogens (primary N) is 2. The predicted molar refractivity (Wildman–Crippen MR) is 79.0 cm³/mol. The van der Waals surface area contributed by atoms with Crippen molar-refractivity contribution in [3.63, 3.8) is 0 Å². The lowest BCUT2D eigenvalue weighted by Gasteiger charge is -2.17. The SMILES string of the molecule is Nc1ccc(C(=O)NC(CO)c2ccccc2)c(N)c1. The van der Waals surface area contributed by atoms with Gasteiger partial charge < -0.3 is 21.9 Å². The van der Waals surface area contributed by atoms with E-state index in [1.807, 2.05) is 30.3 Å². The van der Waals surface area contributed by atoms with Crippen LogP contribution in [0.15, 0.2) is 48.5 Å². The van der Waals surface area contributed by atoms with Crippen LogP contribution in [0.4, 0.5) is 11.4 Å². The molecule has 0 aliphatic rings. The van der Waals surface area contributed by atoms with Gasteiger partial charge in [-0.2, -0.15) is 0 Å². The molecule has 104 valence electrons. The summed E-state index contributed by atoms with van der Waals surface area (Å²) in [7, 11) is 0. The molecule has 5 nitrogen and oxygen atoms in total. The highest BCUT2D eigenvalue weighted by atomic mass is 16.3. The van der Waals surface area contributed by atoms with Crippen LogP contribution in [0, 0.1) is 0 Å². The number of aliphatic hydroxyl groups is 1. The zero-order valence-corrected chi connectivity index (χ0v) is 10.9. The third-order valence-electron chi connectivity index (χ3n) is 3.01. The number of anilines is 2. The molecule has 20 heavy (non-hydrogen) atoms. The van der Waals surface area contributed by atoms with Gasteiger partial charge in [-0.05, 0) is 23.8 Å². The molecule has 2 aromatic carbocycles. The van der Waals surface area contributed by atoms with Crippen molar-refractivity contribution in [1.29, 1.82) is 0 Å². The van der Waals surface area contributed by atoms with Crippen LogP contribution in [0.1, 0.15) is 22.0 Å². The number of carbonyl (C=O) groups excluding carboxylic acids is 1. The van der Waals surface area contributed by atoms with Gasteiger partial charge in [-0.1, -0.05) is 30.3 Å². The number of hydrogen-bond donors (Lipinski definition) is 4. The van der Waals surface area contributed by atoms with Crippen molar-refractivity contribution in [1.82, 2.24) is 5.32 Å². The highest BCUT2D eigenvalue weighted by molar-refractivity contribution is 5.99. The standard InChI is InChI=1S/C15H17N3O2/c16-11-6-7-12(13(17)8-11)15(20)18-14(9-19)10-4-2-1-3-5-10/h1-8,14,19H,9,16-17H2,(H,18,20). The topological polar surface area (TPSA) is 101 Å². The van der Waals surface area contributed by atoms with Gasteiger partial charge in [-0.3, -0.25) is 4.79 Å². The van der Waals surface area contributed by atoms with E-state index >= 15 is 0 Å². The van der Waals surface area contributed by atoms with Gasteiger partial charge in [0.25, 0.3) is 5.91 Å². The van der Waals surface area contributed by atoms with Crippen LogP contribution >= 0.6 is 0 Å². The minimum absolute atomic E-state index is 0.190. The number of aliphatic hydroxyl groups excluding tert-OH is 1. The van der Waals surface area contributed by atoms with Gasteiger partial charge in [0, 0.05) is 11.4 Å². The molecule has 1 atom stereocenters. The van der Waals surface area contributed by atoms with Crippen LogP contribution in [-0.4, -0.2) is 17.6 Å². The maximum atomic E-state index is 12.2. The van der Waals surface area contributed by atoms with E-state index in [1.165, 1.54) is 6.07 Å². The van der Waals surface area contributed by atoms with E-state index in [1.54, 1.807) is 12.1 Å². The van der Waals surface area contributed by atoms with Crippen molar-refractivity contribution >= 4 is 17.3 Å². The van der Waals surface area contributed by atoms with Crippen molar-refractivity contribution in [2.75, 3.05) is 18.1 Å². The molecule has 6 N–H and O–H groups in total. The normalized spacial score (nSPS) is 11.8. The van der Waals surface area contributed by atoms with Crippen LogP contribution in [0.3, 0.4) is 0 Å². The van der Waals surface area contributed by atoms with Crippen molar-refractivity contribution in [3.05, 3.63) is 59.7 Å². The summed E-state index contributed by atoms with van der Waals surface area (Å²) >= 11 is 0. The Morgan fingerprint density at radius 2 is 1.85 bits per heavy atom. The summed E-state index contributed by atoms with van der Waals surface area (Å²) in [6.07, 6.45) is 0. The van der Waals surface area contributed by atoms with Gasteiger partial charge in [-0.25, -0.2) is 0 Å². The Morgan fingerprint density at radius 1 is 1.15 bits per heavy atom. The van der Waals surface area contributed by atoms with Gasteiger partial charge in [0.1, 0.15) is 0 Å². The molecule has 2 rings (SSSR count). The minimum Gasteiger partial charge on any atom is -0.399 e. The molecule has 0 aliphatic carbocycles. The fourth-order valence-electron chi connectivity index (χ4n) is 1.94. The first-order valence-electron chi connectivity index (χ1n) is 6.23. The lowest BCUT2D eigenvalue weighted by molar-refractivity contribution is 0.0917. The molecule has 0 radical (unpaired) electrons. The molecular formula is C15H17N3O2. The third kappa shape index (κ3) is 3.07. The molecule has 1 amide bonds. The highest BCUT2D eigenvalue weighted by Crippen LogP contribution is 2.18. The van der Waals surface area contributed by atoms with Crippen molar-refractivity contribution < 1.29 is 9.90 Å². The molecule has 0 aromatic heterocycles.